The van der Waals surface area contributed by atoms with Gasteiger partial charge in [-0.25, -0.2) is 0 Å². The van der Waals surface area contributed by atoms with Crippen LogP contribution in [0.15, 0.2) is 24.3 Å². The lowest BCUT2D eigenvalue weighted by molar-refractivity contribution is -0.174. The van der Waals surface area contributed by atoms with Gasteiger partial charge in [0.1, 0.15) is 0 Å². The van der Waals surface area contributed by atoms with Crippen molar-refractivity contribution in [3.05, 3.63) is 35.4 Å². The van der Waals surface area contributed by atoms with Crippen LogP contribution in [0, 0.1) is 0 Å². The average molecular weight is 294 g/mol. The number of alkyl halides is 4. The number of carbonyl (C=O) groups excluding carboxylic acids is 1. The van der Waals surface area contributed by atoms with Crippen LogP contribution < -0.4 is 5.32 Å². The summed E-state index contributed by atoms with van der Waals surface area (Å²) in [6.07, 6.45) is -4.10. The van der Waals surface area contributed by atoms with E-state index in [2.05, 4.69) is 0 Å². The van der Waals surface area contributed by atoms with Gasteiger partial charge < -0.3 is 5.32 Å². The standard InChI is InChI=1S/C13H15ClF3NO/c1-3-11(14)10-6-4-9(5-7-10)8(2)18-12(19)13(15,16)17/h4-8,11H,3H2,1-2H3,(H,18,19). The highest BCUT2D eigenvalue weighted by molar-refractivity contribution is 6.20. The van der Waals surface area contributed by atoms with Crippen LogP contribution in [0.5, 0.6) is 0 Å². The van der Waals surface area contributed by atoms with Gasteiger partial charge in [0.2, 0.25) is 0 Å². The zero-order chi connectivity index (χ0) is 14.6. The van der Waals surface area contributed by atoms with E-state index < -0.39 is 18.1 Å². The predicted octanol–water partition coefficient (Wildman–Crippen LogP) is 4.12. The van der Waals surface area contributed by atoms with Gasteiger partial charge in [-0.1, -0.05) is 31.2 Å². The summed E-state index contributed by atoms with van der Waals surface area (Å²) in [5, 5.41) is 1.79. The summed E-state index contributed by atoms with van der Waals surface area (Å²) >= 11 is 6.05. The highest BCUT2D eigenvalue weighted by Gasteiger charge is 2.39. The van der Waals surface area contributed by atoms with Crippen molar-refractivity contribution >= 4 is 17.5 Å². The first-order chi connectivity index (χ1) is 8.75. The van der Waals surface area contributed by atoms with E-state index in [1.807, 2.05) is 12.2 Å². The lowest BCUT2D eigenvalue weighted by Crippen LogP contribution is -2.38. The van der Waals surface area contributed by atoms with E-state index in [9.17, 15) is 18.0 Å². The topological polar surface area (TPSA) is 29.1 Å². The Morgan fingerprint density at radius 3 is 2.16 bits per heavy atom. The van der Waals surface area contributed by atoms with Crippen LogP contribution in [0.3, 0.4) is 0 Å². The molecule has 0 aliphatic carbocycles. The van der Waals surface area contributed by atoms with E-state index in [1.165, 1.54) is 6.92 Å². The summed E-state index contributed by atoms with van der Waals surface area (Å²) in [6, 6.07) is 6.14. The smallest absolute Gasteiger partial charge is 0.342 e. The molecule has 1 amide bonds. The third-order valence-electron chi connectivity index (χ3n) is 2.76. The molecule has 1 N–H and O–H groups in total. The molecule has 0 saturated carbocycles. The Hall–Kier alpha value is -1.23. The van der Waals surface area contributed by atoms with Gasteiger partial charge in [0.05, 0.1) is 11.4 Å². The minimum atomic E-state index is -4.86. The SMILES string of the molecule is CCC(Cl)c1ccc(C(C)NC(=O)C(F)(F)F)cc1. The molecule has 2 atom stereocenters. The lowest BCUT2D eigenvalue weighted by Gasteiger charge is -2.16. The molecule has 0 fully saturated rings. The second-order valence-corrected chi connectivity index (χ2v) is 4.76. The van der Waals surface area contributed by atoms with E-state index in [1.54, 1.807) is 24.3 Å². The molecule has 6 heteroatoms. The highest BCUT2D eigenvalue weighted by atomic mass is 35.5. The van der Waals surface area contributed by atoms with Crippen molar-refractivity contribution in [3.63, 3.8) is 0 Å². The van der Waals surface area contributed by atoms with Gasteiger partial charge in [-0.05, 0) is 24.5 Å². The zero-order valence-electron chi connectivity index (χ0n) is 10.6. The maximum absolute atomic E-state index is 12.1. The molecule has 1 rings (SSSR count). The molecule has 2 unspecified atom stereocenters. The van der Waals surface area contributed by atoms with E-state index in [0.717, 1.165) is 12.0 Å². The van der Waals surface area contributed by atoms with Crippen molar-refractivity contribution in [2.24, 2.45) is 0 Å². The molecule has 2 nitrogen and oxygen atoms in total. The van der Waals surface area contributed by atoms with Crippen LogP contribution in [-0.2, 0) is 4.79 Å². The first-order valence-electron chi connectivity index (χ1n) is 5.87. The molecule has 0 bridgehead atoms. The quantitative estimate of drug-likeness (QED) is 0.832. The summed E-state index contributed by atoms with van der Waals surface area (Å²) in [5.41, 5.74) is 1.50. The van der Waals surface area contributed by atoms with E-state index >= 15 is 0 Å². The summed E-state index contributed by atoms with van der Waals surface area (Å²) < 4.78 is 36.3. The summed E-state index contributed by atoms with van der Waals surface area (Å²) in [6.45, 7) is 3.44. The van der Waals surface area contributed by atoms with Gasteiger partial charge >= 0.3 is 12.1 Å². The maximum atomic E-state index is 12.1. The zero-order valence-corrected chi connectivity index (χ0v) is 11.3. The Balaban J connectivity index is 2.73. The Kier molecular flexibility index (Phi) is 5.23. The maximum Gasteiger partial charge on any atom is 0.471 e. The normalized spacial score (nSPS) is 14.8. The Labute approximate surface area is 114 Å². The fraction of sp³-hybridized carbons (Fsp3) is 0.462. The number of amides is 1. The Morgan fingerprint density at radius 1 is 1.26 bits per heavy atom. The van der Waals surface area contributed by atoms with Gasteiger partial charge in [0.15, 0.2) is 0 Å². The van der Waals surface area contributed by atoms with E-state index in [4.69, 9.17) is 11.6 Å². The number of hydrogen-bond acceptors (Lipinski definition) is 1. The molecule has 0 aromatic heterocycles. The van der Waals surface area contributed by atoms with Crippen LogP contribution in [0.4, 0.5) is 13.2 Å². The van der Waals surface area contributed by atoms with Crippen molar-refractivity contribution in [1.82, 2.24) is 5.32 Å². The molecule has 19 heavy (non-hydrogen) atoms. The predicted molar refractivity (Wildman–Crippen MR) is 67.9 cm³/mol. The molecule has 1 aromatic rings. The minimum absolute atomic E-state index is 0.117. The third-order valence-corrected chi connectivity index (χ3v) is 3.32. The van der Waals surface area contributed by atoms with Crippen LogP contribution in [-0.4, -0.2) is 12.1 Å². The summed E-state index contributed by atoms with van der Waals surface area (Å²) in [7, 11) is 0. The molecule has 0 saturated heterocycles. The first kappa shape index (κ1) is 15.8. The van der Waals surface area contributed by atoms with Gasteiger partial charge in [0, 0.05) is 0 Å². The lowest BCUT2D eigenvalue weighted by atomic mass is 10.0. The van der Waals surface area contributed by atoms with Gasteiger partial charge in [-0.2, -0.15) is 13.2 Å². The van der Waals surface area contributed by atoms with Crippen LogP contribution in [0.2, 0.25) is 0 Å². The number of hydrogen-bond donors (Lipinski definition) is 1. The van der Waals surface area contributed by atoms with Gasteiger partial charge in [-0.15, -0.1) is 11.6 Å². The third kappa shape index (κ3) is 4.42. The van der Waals surface area contributed by atoms with Gasteiger partial charge in [-0.3, -0.25) is 4.79 Å². The van der Waals surface area contributed by atoms with Crippen molar-refractivity contribution < 1.29 is 18.0 Å². The molecule has 0 spiro atoms. The Bertz CT molecular complexity index is 431. The number of nitrogens with one attached hydrogen (secondary N) is 1. The number of halogens is 4. The molecule has 0 heterocycles. The molecule has 0 radical (unpaired) electrons. The fourth-order valence-electron chi connectivity index (χ4n) is 1.59. The fourth-order valence-corrected chi connectivity index (χ4v) is 1.74. The summed E-state index contributed by atoms with van der Waals surface area (Å²) in [5.74, 6) is -1.94. The first-order valence-corrected chi connectivity index (χ1v) is 6.31. The number of rotatable bonds is 4. The largest absolute Gasteiger partial charge is 0.471 e. The average Bonchev–Trinajstić information content (AvgIpc) is 2.36. The molecule has 106 valence electrons. The minimum Gasteiger partial charge on any atom is -0.342 e. The van der Waals surface area contributed by atoms with Crippen LogP contribution >= 0.6 is 11.6 Å². The number of benzene rings is 1. The molecule has 0 aliphatic rings. The Morgan fingerprint density at radius 2 is 1.74 bits per heavy atom. The highest BCUT2D eigenvalue weighted by Crippen LogP contribution is 2.25. The van der Waals surface area contributed by atoms with Crippen molar-refractivity contribution in [1.29, 1.82) is 0 Å². The van der Waals surface area contributed by atoms with Crippen LogP contribution in [0.25, 0.3) is 0 Å². The van der Waals surface area contributed by atoms with E-state index in [0.29, 0.717) is 5.56 Å². The number of carbonyl (C=O) groups is 1. The molecule has 0 aliphatic heterocycles. The second kappa shape index (κ2) is 6.28. The van der Waals surface area contributed by atoms with Crippen LogP contribution in [0.1, 0.15) is 42.8 Å². The summed E-state index contributed by atoms with van der Waals surface area (Å²) in [4.78, 5) is 10.8. The van der Waals surface area contributed by atoms with Gasteiger partial charge in [0.25, 0.3) is 0 Å². The molecular weight excluding hydrogens is 279 g/mol. The second-order valence-electron chi connectivity index (χ2n) is 4.24. The van der Waals surface area contributed by atoms with Crippen molar-refractivity contribution in [3.8, 4) is 0 Å². The van der Waals surface area contributed by atoms with Crippen molar-refractivity contribution in [2.45, 2.75) is 37.9 Å². The monoisotopic (exact) mass is 293 g/mol. The molecular formula is C13H15ClF3NO. The molecule has 1 aromatic carbocycles. The van der Waals surface area contributed by atoms with E-state index in [-0.39, 0.29) is 5.38 Å². The van der Waals surface area contributed by atoms with Crippen molar-refractivity contribution in [2.75, 3.05) is 0 Å².